The number of hydrogen-bond donors (Lipinski definition) is 0. The summed E-state index contributed by atoms with van der Waals surface area (Å²) in [7, 11) is 0. The van der Waals surface area contributed by atoms with E-state index in [4.69, 9.17) is 0 Å². The Kier molecular flexibility index (Phi) is 4.88. The maximum absolute atomic E-state index is 12.8. The molecule has 2 aromatic rings. The average Bonchev–Trinajstić information content (AvgIpc) is 3.25. The van der Waals surface area contributed by atoms with Gasteiger partial charge in [0.15, 0.2) is 4.34 Å². The van der Waals surface area contributed by atoms with Crippen molar-refractivity contribution in [1.29, 1.82) is 0 Å². The summed E-state index contributed by atoms with van der Waals surface area (Å²) in [6, 6.07) is 2.40. The van der Waals surface area contributed by atoms with Crippen LogP contribution >= 0.6 is 23.1 Å². The fraction of sp³-hybridized carbons (Fsp3) is 0.357. The van der Waals surface area contributed by atoms with Gasteiger partial charge >= 0.3 is 6.18 Å². The van der Waals surface area contributed by atoms with Gasteiger partial charge in [-0.15, -0.1) is 10.2 Å². The molecule has 0 N–H and O–H groups in total. The lowest BCUT2D eigenvalue weighted by atomic mass is 10.2. The number of carbonyl (C=O) groups excluding carboxylic acids is 1. The van der Waals surface area contributed by atoms with Gasteiger partial charge in [0.1, 0.15) is 0 Å². The van der Waals surface area contributed by atoms with E-state index in [9.17, 15) is 28.1 Å². The van der Waals surface area contributed by atoms with Crippen LogP contribution in [-0.4, -0.2) is 27.1 Å². The molecule has 7 nitrogen and oxygen atoms in total. The maximum Gasteiger partial charge on any atom is 0.416 e. The summed E-state index contributed by atoms with van der Waals surface area (Å²) in [5, 5.41) is 19.3. The molecular formula is C14H11F3N4O3S2. The molecule has 1 aromatic heterocycles. The normalized spacial score (nSPS) is 14.3. The molecule has 3 rings (SSSR count). The van der Waals surface area contributed by atoms with Gasteiger partial charge in [0, 0.05) is 19.0 Å². The summed E-state index contributed by atoms with van der Waals surface area (Å²) in [6.45, 7) is 1.41. The zero-order valence-electron chi connectivity index (χ0n) is 13.2. The third-order valence-corrected chi connectivity index (χ3v) is 5.57. The molecule has 1 fully saturated rings. The van der Waals surface area contributed by atoms with E-state index in [1.54, 1.807) is 0 Å². The number of benzene rings is 1. The monoisotopic (exact) mass is 404 g/mol. The van der Waals surface area contributed by atoms with Crippen LogP contribution < -0.4 is 4.90 Å². The van der Waals surface area contributed by atoms with E-state index in [-0.39, 0.29) is 16.8 Å². The molecular weight excluding hydrogens is 393 g/mol. The largest absolute Gasteiger partial charge is 0.416 e. The molecule has 0 saturated heterocycles. The number of alkyl halides is 3. The minimum atomic E-state index is -4.67. The van der Waals surface area contributed by atoms with Gasteiger partial charge in [0.2, 0.25) is 11.0 Å². The van der Waals surface area contributed by atoms with E-state index in [1.165, 1.54) is 11.8 Å². The van der Waals surface area contributed by atoms with Crippen molar-refractivity contribution < 1.29 is 22.9 Å². The van der Waals surface area contributed by atoms with Crippen molar-refractivity contribution in [3.63, 3.8) is 0 Å². The van der Waals surface area contributed by atoms with E-state index in [2.05, 4.69) is 10.2 Å². The fourth-order valence-electron chi connectivity index (χ4n) is 2.24. The van der Waals surface area contributed by atoms with Crippen LogP contribution in [0.15, 0.2) is 27.4 Å². The number of halogens is 3. The second-order valence-corrected chi connectivity index (χ2v) is 7.76. The Hall–Kier alpha value is -2.21. The molecule has 0 aliphatic heterocycles. The van der Waals surface area contributed by atoms with Crippen LogP contribution in [0.1, 0.15) is 25.3 Å². The van der Waals surface area contributed by atoms with Crippen LogP contribution in [0.3, 0.4) is 0 Å². The zero-order valence-corrected chi connectivity index (χ0v) is 14.8. The summed E-state index contributed by atoms with van der Waals surface area (Å²) < 4.78 is 38.6. The first kappa shape index (κ1) is 18.6. The van der Waals surface area contributed by atoms with Gasteiger partial charge in [-0.05, 0) is 36.7 Å². The topological polar surface area (TPSA) is 89.2 Å². The van der Waals surface area contributed by atoms with Crippen molar-refractivity contribution in [3.8, 4) is 0 Å². The number of amides is 1. The van der Waals surface area contributed by atoms with Gasteiger partial charge in [-0.1, -0.05) is 11.3 Å². The van der Waals surface area contributed by atoms with Crippen LogP contribution in [0.5, 0.6) is 0 Å². The van der Waals surface area contributed by atoms with Crippen molar-refractivity contribution in [2.24, 2.45) is 0 Å². The number of carbonyl (C=O) groups is 1. The summed E-state index contributed by atoms with van der Waals surface area (Å²) in [5.41, 5.74) is -1.75. The average molecular weight is 404 g/mol. The molecule has 0 radical (unpaired) electrons. The van der Waals surface area contributed by atoms with Gasteiger partial charge < -0.3 is 0 Å². The maximum atomic E-state index is 12.8. The predicted octanol–water partition coefficient (Wildman–Crippen LogP) is 4.13. The summed E-state index contributed by atoms with van der Waals surface area (Å²) in [5.74, 6) is -0.180. The minimum Gasteiger partial charge on any atom is -0.284 e. The van der Waals surface area contributed by atoms with Crippen LogP contribution in [0.2, 0.25) is 0 Å². The lowest BCUT2D eigenvalue weighted by Crippen LogP contribution is -2.30. The molecule has 138 valence electrons. The second-order valence-electron chi connectivity index (χ2n) is 5.51. The van der Waals surface area contributed by atoms with E-state index >= 15 is 0 Å². The summed E-state index contributed by atoms with van der Waals surface area (Å²) in [6.07, 6.45) is -2.94. The predicted molar refractivity (Wildman–Crippen MR) is 88.3 cm³/mol. The molecule has 0 unspecified atom stereocenters. The number of nitro groups is 1. The van der Waals surface area contributed by atoms with E-state index in [0.29, 0.717) is 15.5 Å². The highest BCUT2D eigenvalue weighted by molar-refractivity contribution is 8.01. The highest BCUT2D eigenvalue weighted by Gasteiger charge is 2.35. The van der Waals surface area contributed by atoms with Crippen LogP contribution in [0.25, 0.3) is 0 Å². The number of aromatic nitrogens is 2. The SMILES string of the molecule is CC(=O)N(c1nnc(Sc2ccc(C(F)(F)F)cc2[N+](=O)[O-])s1)C1CC1. The number of anilines is 1. The lowest BCUT2D eigenvalue weighted by molar-refractivity contribution is -0.388. The quantitative estimate of drug-likeness (QED) is 0.423. The molecule has 1 amide bonds. The van der Waals surface area contributed by atoms with E-state index < -0.39 is 22.4 Å². The van der Waals surface area contributed by atoms with Gasteiger partial charge in [-0.25, -0.2) is 0 Å². The van der Waals surface area contributed by atoms with Crippen molar-refractivity contribution >= 4 is 39.8 Å². The van der Waals surface area contributed by atoms with Gasteiger partial charge in [0.05, 0.1) is 15.4 Å². The molecule has 0 spiro atoms. The number of rotatable bonds is 5. The zero-order chi connectivity index (χ0) is 19.1. The number of nitrogens with zero attached hydrogens (tertiary/aromatic N) is 4. The molecule has 1 aliphatic rings. The van der Waals surface area contributed by atoms with Crippen LogP contribution in [-0.2, 0) is 11.0 Å². The number of nitro benzene ring substituents is 1. The molecule has 1 heterocycles. The van der Waals surface area contributed by atoms with Crippen molar-refractivity contribution in [2.45, 2.75) is 41.2 Å². The Morgan fingerprint density at radius 1 is 1.38 bits per heavy atom. The Morgan fingerprint density at radius 3 is 2.62 bits per heavy atom. The molecule has 1 aliphatic carbocycles. The van der Waals surface area contributed by atoms with Crippen LogP contribution in [0.4, 0.5) is 24.0 Å². The molecule has 0 bridgehead atoms. The molecule has 26 heavy (non-hydrogen) atoms. The van der Waals surface area contributed by atoms with E-state index in [1.807, 2.05) is 0 Å². The summed E-state index contributed by atoms with van der Waals surface area (Å²) >= 11 is 1.91. The first-order valence-corrected chi connectivity index (χ1v) is 8.97. The van der Waals surface area contributed by atoms with Crippen molar-refractivity contribution in [3.05, 3.63) is 33.9 Å². The molecule has 12 heteroatoms. The number of hydrogen-bond acceptors (Lipinski definition) is 7. The van der Waals surface area contributed by atoms with Crippen molar-refractivity contribution in [2.75, 3.05) is 4.90 Å². The first-order valence-electron chi connectivity index (χ1n) is 7.33. The Labute approximate surface area is 153 Å². The smallest absolute Gasteiger partial charge is 0.284 e. The van der Waals surface area contributed by atoms with Gasteiger partial charge in [-0.3, -0.25) is 19.8 Å². The van der Waals surface area contributed by atoms with Crippen LogP contribution in [0, 0.1) is 10.1 Å². The first-order chi connectivity index (χ1) is 12.2. The Morgan fingerprint density at radius 2 is 2.08 bits per heavy atom. The van der Waals surface area contributed by atoms with E-state index in [0.717, 1.165) is 48.1 Å². The Balaban J connectivity index is 1.87. The fourth-order valence-corrected chi connectivity index (χ4v) is 4.24. The molecule has 1 saturated carbocycles. The molecule has 0 atom stereocenters. The lowest BCUT2D eigenvalue weighted by Gasteiger charge is -2.15. The summed E-state index contributed by atoms with van der Waals surface area (Å²) in [4.78, 5) is 23.5. The molecule has 1 aromatic carbocycles. The Bertz CT molecular complexity index is 867. The van der Waals surface area contributed by atoms with Gasteiger partial charge in [-0.2, -0.15) is 13.2 Å². The minimum absolute atomic E-state index is 0.0199. The third kappa shape index (κ3) is 3.96. The highest BCUT2D eigenvalue weighted by atomic mass is 32.2. The van der Waals surface area contributed by atoms with Gasteiger partial charge in [0.25, 0.3) is 5.69 Å². The second kappa shape index (κ2) is 6.83. The standard InChI is InChI=1S/C14H11F3N4O3S2/c1-7(22)20(9-3-4-9)12-18-19-13(26-12)25-11-5-2-8(14(15,16)17)6-10(11)21(23)24/h2,5-6,9H,3-4H2,1H3. The third-order valence-electron chi connectivity index (χ3n) is 3.53. The highest BCUT2D eigenvalue weighted by Crippen LogP contribution is 2.42. The van der Waals surface area contributed by atoms with Crippen molar-refractivity contribution in [1.82, 2.24) is 10.2 Å².